The minimum absolute atomic E-state index is 0.158. The number of aromatic nitrogens is 2. The van der Waals surface area contributed by atoms with Gasteiger partial charge in [-0.05, 0) is 33.3 Å². The zero-order chi connectivity index (χ0) is 12.3. The van der Waals surface area contributed by atoms with Crippen LogP contribution in [-0.2, 0) is 18.2 Å². The molecule has 1 rings (SSSR count). The van der Waals surface area contributed by atoms with Gasteiger partial charge in [0.05, 0.1) is 24.5 Å². The number of ether oxygens (including phenoxy) is 1. The summed E-state index contributed by atoms with van der Waals surface area (Å²) in [5.74, 6) is 0. The smallest absolute Gasteiger partial charge is 0.0815 e. The summed E-state index contributed by atoms with van der Waals surface area (Å²) >= 11 is 0. The summed E-state index contributed by atoms with van der Waals surface area (Å²) in [7, 11) is 1.92. The molecule has 0 aliphatic rings. The number of hydrogen-bond acceptors (Lipinski definition) is 3. The van der Waals surface area contributed by atoms with Crippen LogP contribution in [0.5, 0.6) is 0 Å². The molecule has 0 bridgehead atoms. The van der Waals surface area contributed by atoms with Crippen molar-refractivity contribution in [3.8, 4) is 0 Å². The van der Waals surface area contributed by atoms with Crippen molar-refractivity contribution >= 4 is 0 Å². The first-order chi connectivity index (χ1) is 7.41. The molecule has 1 heterocycles. The lowest BCUT2D eigenvalue weighted by atomic mass is 10.1. The molecule has 0 saturated heterocycles. The predicted molar refractivity (Wildman–Crippen MR) is 63.5 cm³/mol. The van der Waals surface area contributed by atoms with Crippen LogP contribution in [0.15, 0.2) is 0 Å². The summed E-state index contributed by atoms with van der Waals surface area (Å²) in [5, 5.41) is 14.2. The van der Waals surface area contributed by atoms with Gasteiger partial charge in [0.15, 0.2) is 0 Å². The Labute approximate surface area is 97.2 Å². The van der Waals surface area contributed by atoms with Crippen molar-refractivity contribution in [2.75, 3.05) is 6.61 Å². The van der Waals surface area contributed by atoms with Gasteiger partial charge in [0.2, 0.25) is 0 Å². The van der Waals surface area contributed by atoms with Crippen molar-refractivity contribution in [1.29, 1.82) is 0 Å². The number of hydrogen-bond donors (Lipinski definition) is 1. The highest BCUT2D eigenvalue weighted by Crippen LogP contribution is 2.14. The van der Waals surface area contributed by atoms with E-state index < -0.39 is 6.10 Å². The number of nitrogens with zero attached hydrogens (tertiary/aromatic N) is 2. The fourth-order valence-electron chi connectivity index (χ4n) is 1.71. The van der Waals surface area contributed by atoms with E-state index in [9.17, 15) is 5.11 Å². The van der Waals surface area contributed by atoms with E-state index in [1.165, 1.54) is 0 Å². The highest BCUT2D eigenvalue weighted by molar-refractivity contribution is 5.25. The molecule has 0 radical (unpaired) electrons. The van der Waals surface area contributed by atoms with Gasteiger partial charge >= 0.3 is 0 Å². The Balaban J connectivity index is 2.59. The lowest BCUT2D eigenvalue weighted by molar-refractivity contribution is 0.00611. The predicted octanol–water partition coefficient (Wildman–Crippen LogP) is 1.37. The van der Waals surface area contributed by atoms with Crippen molar-refractivity contribution in [2.24, 2.45) is 7.05 Å². The molecular weight excluding hydrogens is 204 g/mol. The molecule has 0 aliphatic carbocycles. The Morgan fingerprint density at radius 1 is 1.38 bits per heavy atom. The van der Waals surface area contributed by atoms with Crippen molar-refractivity contribution in [1.82, 2.24) is 9.78 Å². The van der Waals surface area contributed by atoms with Gasteiger partial charge in [-0.1, -0.05) is 0 Å². The summed E-state index contributed by atoms with van der Waals surface area (Å²) < 4.78 is 7.23. The standard InChI is InChI=1S/C12H22N2O2/c1-8(2)16-7-11(15)6-12-9(3)13-14(5)10(12)4/h8,11,15H,6-7H2,1-5H3. The quantitative estimate of drug-likeness (QED) is 0.824. The van der Waals surface area contributed by atoms with E-state index in [0.717, 1.165) is 17.0 Å². The number of aliphatic hydroxyl groups excluding tert-OH is 1. The summed E-state index contributed by atoms with van der Waals surface area (Å²) in [5.41, 5.74) is 3.23. The number of aliphatic hydroxyl groups is 1. The van der Waals surface area contributed by atoms with Crippen LogP contribution < -0.4 is 0 Å². The second kappa shape index (κ2) is 5.46. The molecule has 1 aromatic heterocycles. The van der Waals surface area contributed by atoms with Gasteiger partial charge in [0, 0.05) is 19.2 Å². The second-order valence-electron chi connectivity index (χ2n) is 4.51. The van der Waals surface area contributed by atoms with Crippen LogP contribution in [0.2, 0.25) is 0 Å². The summed E-state index contributed by atoms with van der Waals surface area (Å²) in [6, 6.07) is 0. The second-order valence-corrected chi connectivity index (χ2v) is 4.51. The first-order valence-electron chi connectivity index (χ1n) is 5.70. The average molecular weight is 226 g/mol. The molecule has 0 aliphatic heterocycles. The van der Waals surface area contributed by atoms with Crippen molar-refractivity contribution in [3.05, 3.63) is 17.0 Å². The fourth-order valence-corrected chi connectivity index (χ4v) is 1.71. The molecule has 16 heavy (non-hydrogen) atoms. The van der Waals surface area contributed by atoms with Crippen LogP contribution in [0.4, 0.5) is 0 Å². The first-order valence-corrected chi connectivity index (χ1v) is 5.70. The fraction of sp³-hybridized carbons (Fsp3) is 0.750. The van der Waals surface area contributed by atoms with Crippen LogP contribution in [0.3, 0.4) is 0 Å². The Morgan fingerprint density at radius 3 is 2.44 bits per heavy atom. The minimum atomic E-state index is -0.455. The summed E-state index contributed by atoms with van der Waals surface area (Å²) in [6.07, 6.45) is 0.313. The molecule has 0 spiro atoms. The lowest BCUT2D eigenvalue weighted by Crippen LogP contribution is -2.21. The van der Waals surface area contributed by atoms with E-state index in [2.05, 4.69) is 5.10 Å². The number of rotatable bonds is 5. The zero-order valence-corrected chi connectivity index (χ0v) is 10.8. The maximum absolute atomic E-state index is 9.85. The Morgan fingerprint density at radius 2 is 2.00 bits per heavy atom. The molecule has 1 unspecified atom stereocenters. The minimum Gasteiger partial charge on any atom is -0.390 e. The van der Waals surface area contributed by atoms with E-state index in [-0.39, 0.29) is 6.10 Å². The van der Waals surface area contributed by atoms with Crippen molar-refractivity contribution in [3.63, 3.8) is 0 Å². The van der Waals surface area contributed by atoms with E-state index in [4.69, 9.17) is 4.74 Å². The molecule has 0 aromatic carbocycles. The normalized spacial score (nSPS) is 13.4. The third-order valence-electron chi connectivity index (χ3n) is 2.72. The van der Waals surface area contributed by atoms with Crippen LogP contribution >= 0.6 is 0 Å². The molecule has 92 valence electrons. The highest BCUT2D eigenvalue weighted by atomic mass is 16.5. The monoisotopic (exact) mass is 226 g/mol. The lowest BCUT2D eigenvalue weighted by Gasteiger charge is -2.13. The Bertz CT molecular complexity index is 345. The average Bonchev–Trinajstić information content (AvgIpc) is 2.42. The summed E-state index contributed by atoms with van der Waals surface area (Å²) in [6.45, 7) is 8.30. The molecule has 4 heteroatoms. The van der Waals surface area contributed by atoms with Gasteiger partial charge in [0.1, 0.15) is 0 Å². The molecule has 1 atom stereocenters. The molecule has 0 fully saturated rings. The number of aryl methyl sites for hydroxylation is 2. The van der Waals surface area contributed by atoms with Crippen molar-refractivity contribution < 1.29 is 9.84 Å². The van der Waals surface area contributed by atoms with E-state index >= 15 is 0 Å². The maximum Gasteiger partial charge on any atom is 0.0815 e. The van der Waals surface area contributed by atoms with Gasteiger partial charge in [-0.3, -0.25) is 4.68 Å². The van der Waals surface area contributed by atoms with E-state index in [1.807, 2.05) is 39.4 Å². The largest absolute Gasteiger partial charge is 0.390 e. The Kier molecular flexibility index (Phi) is 4.50. The van der Waals surface area contributed by atoms with Gasteiger partial charge in [-0.15, -0.1) is 0 Å². The topological polar surface area (TPSA) is 47.3 Å². The van der Waals surface area contributed by atoms with Crippen LogP contribution in [0, 0.1) is 13.8 Å². The van der Waals surface area contributed by atoms with Gasteiger partial charge in [0.25, 0.3) is 0 Å². The Hall–Kier alpha value is -0.870. The summed E-state index contributed by atoms with van der Waals surface area (Å²) in [4.78, 5) is 0. The molecular formula is C12H22N2O2. The SMILES string of the molecule is Cc1nn(C)c(C)c1CC(O)COC(C)C. The van der Waals surface area contributed by atoms with Gasteiger partial charge < -0.3 is 9.84 Å². The third-order valence-corrected chi connectivity index (χ3v) is 2.72. The zero-order valence-electron chi connectivity index (χ0n) is 10.8. The van der Waals surface area contributed by atoms with E-state index in [1.54, 1.807) is 0 Å². The van der Waals surface area contributed by atoms with Crippen LogP contribution in [0.1, 0.15) is 30.8 Å². The van der Waals surface area contributed by atoms with E-state index in [0.29, 0.717) is 13.0 Å². The molecule has 0 saturated carbocycles. The molecule has 1 aromatic rings. The maximum atomic E-state index is 9.85. The van der Waals surface area contributed by atoms with Crippen LogP contribution in [-0.4, -0.2) is 33.7 Å². The third kappa shape index (κ3) is 3.32. The molecule has 4 nitrogen and oxygen atoms in total. The van der Waals surface area contributed by atoms with Crippen LogP contribution in [0.25, 0.3) is 0 Å². The first kappa shape index (κ1) is 13.2. The highest BCUT2D eigenvalue weighted by Gasteiger charge is 2.14. The molecule has 1 N–H and O–H groups in total. The van der Waals surface area contributed by atoms with Gasteiger partial charge in [-0.25, -0.2) is 0 Å². The van der Waals surface area contributed by atoms with Gasteiger partial charge in [-0.2, -0.15) is 5.10 Å². The molecule has 0 amide bonds. The van der Waals surface area contributed by atoms with Crippen molar-refractivity contribution in [2.45, 2.75) is 46.3 Å².